The van der Waals surface area contributed by atoms with E-state index in [4.69, 9.17) is 5.11 Å². The molecule has 2 amide bonds. The van der Waals surface area contributed by atoms with Crippen molar-refractivity contribution in [3.8, 4) is 0 Å². The van der Waals surface area contributed by atoms with Crippen molar-refractivity contribution in [3.05, 3.63) is 29.8 Å². The predicted octanol–water partition coefficient (Wildman–Crippen LogP) is -0.352. The van der Waals surface area contributed by atoms with Crippen molar-refractivity contribution in [1.82, 2.24) is 10.5 Å². The molecule has 1 heterocycles. The molecule has 0 saturated carbocycles. The number of amides is 2. The lowest BCUT2D eigenvalue weighted by Crippen LogP contribution is -2.53. The third kappa shape index (κ3) is 2.91. The molecule has 9 heteroatoms. The van der Waals surface area contributed by atoms with Crippen LogP contribution in [0.1, 0.15) is 12.5 Å². The number of hydrazone groups is 1. The summed E-state index contributed by atoms with van der Waals surface area (Å²) in [4.78, 5) is 34.8. The van der Waals surface area contributed by atoms with Gasteiger partial charge in [-0.05, 0) is 19.1 Å². The standard InChI is InChI=1S/C14H16N4O5/c1-14(16-23)12(15-17(2)13(14)22)9-3-5-10(6-4-9)18(8-19)7-11(20)21/h3-6,8,16,23H,7H2,1-2H3,(H,20,21). The van der Waals surface area contributed by atoms with E-state index in [1.807, 2.05) is 5.48 Å². The van der Waals surface area contributed by atoms with Crippen LogP contribution in [0.15, 0.2) is 29.4 Å². The van der Waals surface area contributed by atoms with Gasteiger partial charge in [0.25, 0.3) is 5.91 Å². The lowest BCUT2D eigenvalue weighted by Gasteiger charge is -2.22. The Hall–Kier alpha value is -2.78. The zero-order valence-corrected chi connectivity index (χ0v) is 12.6. The van der Waals surface area contributed by atoms with Crippen LogP contribution >= 0.6 is 0 Å². The number of anilines is 1. The van der Waals surface area contributed by atoms with E-state index in [1.54, 1.807) is 12.1 Å². The highest BCUT2D eigenvalue weighted by Crippen LogP contribution is 2.25. The largest absolute Gasteiger partial charge is 0.480 e. The van der Waals surface area contributed by atoms with Gasteiger partial charge in [-0.15, -0.1) is 0 Å². The number of benzene rings is 1. The van der Waals surface area contributed by atoms with Crippen molar-refractivity contribution in [3.63, 3.8) is 0 Å². The van der Waals surface area contributed by atoms with Crippen LogP contribution in [0.2, 0.25) is 0 Å². The van der Waals surface area contributed by atoms with Crippen LogP contribution in [-0.2, 0) is 14.4 Å². The molecule has 3 N–H and O–H groups in total. The van der Waals surface area contributed by atoms with Gasteiger partial charge in [-0.2, -0.15) is 10.6 Å². The molecular formula is C14H16N4O5. The van der Waals surface area contributed by atoms with Gasteiger partial charge < -0.3 is 15.2 Å². The van der Waals surface area contributed by atoms with Crippen molar-refractivity contribution in [2.24, 2.45) is 5.10 Å². The van der Waals surface area contributed by atoms with Crippen LogP contribution in [0.4, 0.5) is 5.69 Å². The number of hydrogen-bond donors (Lipinski definition) is 3. The molecule has 1 unspecified atom stereocenters. The summed E-state index contributed by atoms with van der Waals surface area (Å²) in [6.45, 7) is 1.04. The van der Waals surface area contributed by atoms with Crippen LogP contribution in [0.25, 0.3) is 0 Å². The van der Waals surface area contributed by atoms with Crippen LogP contribution in [-0.4, -0.2) is 58.5 Å². The van der Waals surface area contributed by atoms with Gasteiger partial charge in [-0.25, -0.2) is 5.01 Å². The fourth-order valence-corrected chi connectivity index (χ4v) is 2.31. The quantitative estimate of drug-likeness (QED) is 0.486. The van der Waals surface area contributed by atoms with E-state index in [-0.39, 0.29) is 0 Å². The molecule has 1 aliphatic rings. The molecule has 1 aromatic rings. The van der Waals surface area contributed by atoms with Crippen LogP contribution < -0.4 is 10.4 Å². The minimum atomic E-state index is -1.37. The maximum Gasteiger partial charge on any atom is 0.323 e. The monoisotopic (exact) mass is 320 g/mol. The van der Waals surface area contributed by atoms with Gasteiger partial charge in [-0.3, -0.25) is 14.4 Å². The maximum atomic E-state index is 12.1. The molecule has 0 saturated heterocycles. The molecule has 0 fully saturated rings. The minimum Gasteiger partial charge on any atom is -0.480 e. The number of carbonyl (C=O) groups is 3. The minimum absolute atomic E-state index is 0.315. The van der Waals surface area contributed by atoms with Gasteiger partial charge in [0.1, 0.15) is 6.54 Å². The van der Waals surface area contributed by atoms with Crippen LogP contribution in [0, 0.1) is 0 Å². The first-order chi connectivity index (χ1) is 10.8. The number of carboxylic acids is 1. The molecule has 0 bridgehead atoms. The third-order valence-electron chi connectivity index (χ3n) is 3.57. The number of hydroxylamine groups is 1. The summed E-state index contributed by atoms with van der Waals surface area (Å²) in [6.07, 6.45) is 0.424. The Labute approximate surface area is 131 Å². The molecule has 1 atom stereocenters. The number of likely N-dealkylation sites (N-methyl/N-ethyl adjacent to an activating group) is 1. The Morgan fingerprint density at radius 3 is 2.52 bits per heavy atom. The van der Waals surface area contributed by atoms with Gasteiger partial charge in [0.2, 0.25) is 6.41 Å². The first-order valence-corrected chi connectivity index (χ1v) is 6.66. The van der Waals surface area contributed by atoms with Crippen LogP contribution in [0.5, 0.6) is 0 Å². The van der Waals surface area contributed by atoms with E-state index in [2.05, 4.69) is 5.10 Å². The Balaban J connectivity index is 2.33. The highest BCUT2D eigenvalue weighted by Gasteiger charge is 2.46. The van der Waals surface area contributed by atoms with Crippen molar-refractivity contribution in [2.45, 2.75) is 12.5 Å². The van der Waals surface area contributed by atoms with Gasteiger partial charge in [0, 0.05) is 18.3 Å². The van der Waals surface area contributed by atoms with Gasteiger partial charge >= 0.3 is 5.97 Å². The molecule has 23 heavy (non-hydrogen) atoms. The highest BCUT2D eigenvalue weighted by atomic mass is 16.5. The van der Waals surface area contributed by atoms with E-state index >= 15 is 0 Å². The van der Waals surface area contributed by atoms with E-state index in [0.29, 0.717) is 23.4 Å². The summed E-state index contributed by atoms with van der Waals surface area (Å²) in [5, 5.41) is 23.3. The molecule has 122 valence electrons. The zero-order chi connectivity index (χ0) is 17.2. The Morgan fingerprint density at radius 2 is 2.04 bits per heavy atom. The van der Waals surface area contributed by atoms with Crippen molar-refractivity contribution < 1.29 is 24.7 Å². The van der Waals surface area contributed by atoms with Crippen LogP contribution in [0.3, 0.4) is 0 Å². The smallest absolute Gasteiger partial charge is 0.323 e. The predicted molar refractivity (Wildman–Crippen MR) is 80.1 cm³/mol. The van der Waals surface area contributed by atoms with E-state index in [1.165, 1.54) is 26.1 Å². The Kier molecular flexibility index (Phi) is 4.43. The van der Waals surface area contributed by atoms with Crippen molar-refractivity contribution in [2.75, 3.05) is 18.5 Å². The average molecular weight is 320 g/mol. The molecule has 0 spiro atoms. The topological polar surface area (TPSA) is 123 Å². The van der Waals surface area contributed by atoms with E-state index in [9.17, 15) is 19.6 Å². The molecule has 1 aromatic carbocycles. The SMILES string of the molecule is CN1N=C(c2ccc(N(C=O)CC(=O)O)cc2)C(C)(NO)C1=O. The molecule has 0 aliphatic carbocycles. The number of rotatable bonds is 6. The molecule has 0 aromatic heterocycles. The summed E-state index contributed by atoms with van der Waals surface area (Å²) >= 11 is 0. The fourth-order valence-electron chi connectivity index (χ4n) is 2.31. The third-order valence-corrected chi connectivity index (χ3v) is 3.57. The average Bonchev–Trinajstić information content (AvgIpc) is 2.77. The summed E-state index contributed by atoms with van der Waals surface area (Å²) in [6, 6.07) is 6.26. The normalized spacial score (nSPS) is 20.4. The number of aliphatic carboxylic acids is 1. The fraction of sp³-hybridized carbons (Fsp3) is 0.286. The number of nitrogens with zero attached hydrogens (tertiary/aromatic N) is 3. The second-order valence-corrected chi connectivity index (χ2v) is 5.19. The summed E-state index contributed by atoms with van der Waals surface area (Å²) in [7, 11) is 1.47. The lowest BCUT2D eigenvalue weighted by atomic mass is 9.91. The van der Waals surface area contributed by atoms with Crippen molar-refractivity contribution >= 4 is 29.7 Å². The second kappa shape index (κ2) is 6.15. The summed E-state index contributed by atoms with van der Waals surface area (Å²) in [5.41, 5.74) is 1.86. The van der Waals surface area contributed by atoms with Gasteiger partial charge in [-0.1, -0.05) is 12.1 Å². The number of hydrogen-bond acceptors (Lipinski definition) is 6. The molecular weight excluding hydrogens is 304 g/mol. The zero-order valence-electron chi connectivity index (χ0n) is 12.6. The number of carbonyl (C=O) groups excluding carboxylic acids is 2. The maximum absolute atomic E-state index is 12.1. The van der Waals surface area contributed by atoms with Gasteiger partial charge in [0.15, 0.2) is 5.54 Å². The first kappa shape index (κ1) is 16.6. The second-order valence-electron chi connectivity index (χ2n) is 5.19. The summed E-state index contributed by atoms with van der Waals surface area (Å²) < 4.78 is 0. The molecule has 2 rings (SSSR count). The molecule has 9 nitrogen and oxygen atoms in total. The Bertz CT molecular complexity index is 672. The highest BCUT2D eigenvalue weighted by molar-refractivity contribution is 6.23. The van der Waals surface area contributed by atoms with E-state index < -0.39 is 24.0 Å². The summed E-state index contributed by atoms with van der Waals surface area (Å²) in [5.74, 6) is -1.55. The Morgan fingerprint density at radius 1 is 1.43 bits per heavy atom. The van der Waals surface area contributed by atoms with Gasteiger partial charge in [0.05, 0.1) is 5.71 Å². The van der Waals surface area contributed by atoms with Crippen molar-refractivity contribution in [1.29, 1.82) is 0 Å². The first-order valence-electron chi connectivity index (χ1n) is 6.66. The van der Waals surface area contributed by atoms with E-state index in [0.717, 1.165) is 9.91 Å². The lowest BCUT2D eigenvalue weighted by molar-refractivity contribution is -0.136. The number of nitrogens with one attached hydrogen (secondary N) is 1. The molecule has 0 radical (unpaired) electrons. The molecule has 1 aliphatic heterocycles. The number of carboxylic acid groups (broad SMARTS) is 1.